The molecule has 0 aromatic rings. The van der Waals surface area contributed by atoms with E-state index in [-0.39, 0.29) is 12.6 Å². The van der Waals surface area contributed by atoms with Gasteiger partial charge in [0.1, 0.15) is 6.17 Å². The van der Waals surface area contributed by atoms with Crippen molar-refractivity contribution in [2.45, 2.75) is 18.6 Å². The SMILES string of the molecule is OC[C@H]1C[C@@H](F)CN1. The van der Waals surface area contributed by atoms with Crippen LogP contribution in [0.15, 0.2) is 0 Å². The Balaban J connectivity index is 2.22. The van der Waals surface area contributed by atoms with Crippen molar-refractivity contribution in [1.29, 1.82) is 0 Å². The van der Waals surface area contributed by atoms with Crippen LogP contribution in [-0.4, -0.2) is 30.5 Å². The van der Waals surface area contributed by atoms with Crippen molar-refractivity contribution in [3.8, 4) is 0 Å². The second-order valence-electron chi connectivity index (χ2n) is 2.12. The minimum Gasteiger partial charge on any atom is -0.395 e. The molecule has 8 heavy (non-hydrogen) atoms. The molecule has 2 N–H and O–H groups in total. The van der Waals surface area contributed by atoms with Crippen LogP contribution in [0.3, 0.4) is 0 Å². The maximum absolute atomic E-state index is 12.2. The second kappa shape index (κ2) is 2.42. The Morgan fingerprint density at radius 3 is 2.75 bits per heavy atom. The number of rotatable bonds is 1. The zero-order chi connectivity index (χ0) is 5.98. The smallest absolute Gasteiger partial charge is 0.114 e. The Hall–Kier alpha value is -0.150. The standard InChI is InChI=1S/C5H10FNO/c6-4-1-5(3-8)7-2-4/h4-5,7-8H,1-3H2/t4-,5-/m1/s1. The first-order chi connectivity index (χ1) is 3.83. The fourth-order valence-corrected chi connectivity index (χ4v) is 0.909. The molecule has 1 fully saturated rings. The lowest BCUT2D eigenvalue weighted by Crippen LogP contribution is -2.24. The van der Waals surface area contributed by atoms with Crippen LogP contribution in [0.1, 0.15) is 6.42 Å². The summed E-state index contributed by atoms with van der Waals surface area (Å²) in [7, 11) is 0. The van der Waals surface area contributed by atoms with Crippen molar-refractivity contribution in [2.75, 3.05) is 13.2 Å². The van der Waals surface area contributed by atoms with Gasteiger partial charge in [0.25, 0.3) is 0 Å². The van der Waals surface area contributed by atoms with E-state index in [2.05, 4.69) is 5.32 Å². The van der Waals surface area contributed by atoms with E-state index in [0.29, 0.717) is 13.0 Å². The monoisotopic (exact) mass is 119 g/mol. The van der Waals surface area contributed by atoms with E-state index in [4.69, 9.17) is 5.11 Å². The molecule has 0 radical (unpaired) electrons. The first-order valence-corrected chi connectivity index (χ1v) is 2.81. The van der Waals surface area contributed by atoms with Gasteiger partial charge in [-0.05, 0) is 6.42 Å². The van der Waals surface area contributed by atoms with Crippen LogP contribution in [0.5, 0.6) is 0 Å². The molecule has 48 valence electrons. The van der Waals surface area contributed by atoms with E-state index in [1.54, 1.807) is 0 Å². The van der Waals surface area contributed by atoms with E-state index in [1.807, 2.05) is 0 Å². The van der Waals surface area contributed by atoms with Crippen molar-refractivity contribution in [3.63, 3.8) is 0 Å². The first kappa shape index (κ1) is 5.98. The number of hydrogen-bond acceptors (Lipinski definition) is 2. The lowest BCUT2D eigenvalue weighted by atomic mass is 10.2. The molecule has 3 heteroatoms. The van der Waals surface area contributed by atoms with Gasteiger partial charge in [-0.25, -0.2) is 4.39 Å². The van der Waals surface area contributed by atoms with Crippen LogP contribution in [0.4, 0.5) is 4.39 Å². The van der Waals surface area contributed by atoms with Gasteiger partial charge in [-0.3, -0.25) is 0 Å². The maximum atomic E-state index is 12.2. The lowest BCUT2D eigenvalue weighted by molar-refractivity contribution is 0.248. The molecular weight excluding hydrogens is 109 g/mol. The van der Waals surface area contributed by atoms with Gasteiger partial charge in [0, 0.05) is 12.6 Å². The minimum absolute atomic E-state index is 0.00463. The fraction of sp³-hybridized carbons (Fsp3) is 1.00. The van der Waals surface area contributed by atoms with Gasteiger partial charge < -0.3 is 10.4 Å². The van der Waals surface area contributed by atoms with Crippen LogP contribution >= 0.6 is 0 Å². The summed E-state index contributed by atoms with van der Waals surface area (Å²) in [5.41, 5.74) is 0. The molecule has 1 heterocycles. The van der Waals surface area contributed by atoms with Crippen LogP contribution in [0, 0.1) is 0 Å². The van der Waals surface area contributed by atoms with E-state index in [9.17, 15) is 4.39 Å². The Morgan fingerprint density at radius 2 is 2.50 bits per heavy atom. The lowest BCUT2D eigenvalue weighted by Gasteiger charge is -2.01. The number of hydrogen-bond donors (Lipinski definition) is 2. The molecule has 1 rings (SSSR count). The van der Waals surface area contributed by atoms with Crippen molar-refractivity contribution in [1.82, 2.24) is 5.32 Å². The van der Waals surface area contributed by atoms with Crippen LogP contribution in [0.2, 0.25) is 0 Å². The molecule has 2 nitrogen and oxygen atoms in total. The third-order valence-corrected chi connectivity index (χ3v) is 1.39. The Kier molecular flexibility index (Phi) is 1.81. The molecule has 0 spiro atoms. The van der Waals surface area contributed by atoms with Crippen molar-refractivity contribution in [2.24, 2.45) is 0 Å². The molecule has 0 amide bonds. The summed E-state index contributed by atoms with van der Waals surface area (Å²) in [6, 6.07) is 0.00463. The largest absolute Gasteiger partial charge is 0.395 e. The third kappa shape index (κ3) is 1.17. The van der Waals surface area contributed by atoms with Gasteiger partial charge >= 0.3 is 0 Å². The Bertz CT molecular complexity index is 78.8. The average molecular weight is 119 g/mol. The molecule has 2 atom stereocenters. The molecule has 1 aliphatic heterocycles. The van der Waals surface area contributed by atoms with Gasteiger partial charge in [0.2, 0.25) is 0 Å². The van der Waals surface area contributed by atoms with Crippen molar-refractivity contribution < 1.29 is 9.50 Å². The van der Waals surface area contributed by atoms with Gasteiger partial charge in [-0.2, -0.15) is 0 Å². The molecule has 0 unspecified atom stereocenters. The molecule has 1 saturated heterocycles. The summed E-state index contributed by atoms with van der Waals surface area (Å²) in [5, 5.41) is 11.3. The normalized spacial score (nSPS) is 38.2. The predicted molar refractivity (Wildman–Crippen MR) is 28.4 cm³/mol. The first-order valence-electron chi connectivity index (χ1n) is 2.81. The number of aliphatic hydroxyl groups is 1. The zero-order valence-corrected chi connectivity index (χ0v) is 4.60. The van der Waals surface area contributed by atoms with Crippen molar-refractivity contribution in [3.05, 3.63) is 0 Å². The van der Waals surface area contributed by atoms with Crippen LogP contribution in [0.25, 0.3) is 0 Å². The summed E-state index contributed by atoms with van der Waals surface area (Å²) in [6.45, 7) is 0.464. The minimum atomic E-state index is -0.743. The predicted octanol–water partition coefficient (Wildman–Crippen LogP) is -0.321. The van der Waals surface area contributed by atoms with E-state index in [0.717, 1.165) is 0 Å². The Labute approximate surface area is 47.7 Å². The highest BCUT2D eigenvalue weighted by Gasteiger charge is 2.21. The summed E-state index contributed by atoms with van der Waals surface area (Å²) >= 11 is 0. The number of aliphatic hydroxyl groups excluding tert-OH is 1. The summed E-state index contributed by atoms with van der Waals surface area (Å²) in [6.07, 6.45) is -0.275. The Morgan fingerprint density at radius 1 is 1.75 bits per heavy atom. The van der Waals surface area contributed by atoms with Gasteiger partial charge in [0.05, 0.1) is 6.61 Å². The van der Waals surface area contributed by atoms with E-state index < -0.39 is 6.17 Å². The summed E-state index contributed by atoms with van der Waals surface area (Å²) < 4.78 is 12.2. The molecule has 0 aliphatic carbocycles. The van der Waals surface area contributed by atoms with Crippen LogP contribution < -0.4 is 5.32 Å². The summed E-state index contributed by atoms with van der Waals surface area (Å²) in [4.78, 5) is 0. The number of halogens is 1. The fourth-order valence-electron chi connectivity index (χ4n) is 0.909. The highest BCUT2D eigenvalue weighted by Crippen LogP contribution is 2.08. The molecule has 0 aromatic heterocycles. The highest BCUT2D eigenvalue weighted by molar-refractivity contribution is 4.80. The zero-order valence-electron chi connectivity index (χ0n) is 4.60. The number of nitrogens with one attached hydrogen (secondary N) is 1. The molecule has 0 aromatic carbocycles. The van der Waals surface area contributed by atoms with Gasteiger partial charge in [-0.1, -0.05) is 0 Å². The topological polar surface area (TPSA) is 32.3 Å². The number of alkyl halides is 1. The van der Waals surface area contributed by atoms with E-state index in [1.165, 1.54) is 0 Å². The second-order valence-corrected chi connectivity index (χ2v) is 2.12. The molecular formula is C5H10FNO. The van der Waals surface area contributed by atoms with Crippen LogP contribution in [-0.2, 0) is 0 Å². The van der Waals surface area contributed by atoms with E-state index >= 15 is 0 Å². The summed E-state index contributed by atoms with van der Waals surface area (Å²) in [5.74, 6) is 0. The highest BCUT2D eigenvalue weighted by atomic mass is 19.1. The molecule has 1 aliphatic rings. The maximum Gasteiger partial charge on any atom is 0.114 e. The van der Waals surface area contributed by atoms with Gasteiger partial charge in [-0.15, -0.1) is 0 Å². The quantitative estimate of drug-likeness (QED) is 0.495. The van der Waals surface area contributed by atoms with Crippen molar-refractivity contribution >= 4 is 0 Å². The third-order valence-electron chi connectivity index (χ3n) is 1.39. The molecule has 0 saturated carbocycles. The molecule has 0 bridgehead atoms. The average Bonchev–Trinajstić information content (AvgIpc) is 2.14. The van der Waals surface area contributed by atoms with Gasteiger partial charge in [0.15, 0.2) is 0 Å².